The zero-order chi connectivity index (χ0) is 17.4. The third-order valence-electron chi connectivity index (χ3n) is 4.12. The van der Waals surface area contributed by atoms with E-state index in [-0.39, 0.29) is 17.2 Å². The largest absolute Gasteiger partial charge is 0.335 e. The monoisotopic (exact) mass is 326 g/mol. The van der Waals surface area contributed by atoms with Crippen LogP contribution in [0.3, 0.4) is 0 Å². The summed E-state index contributed by atoms with van der Waals surface area (Å²) in [5.41, 5.74) is 2.98. The number of carbonyl (C=O) groups is 1. The van der Waals surface area contributed by atoms with Crippen molar-refractivity contribution in [2.24, 2.45) is 0 Å². The number of rotatable bonds is 3. The van der Waals surface area contributed by atoms with Crippen LogP contribution in [0.2, 0.25) is 0 Å². The molecular weight excluding hydrogens is 308 g/mol. The highest BCUT2D eigenvalue weighted by atomic mass is 16.5. The predicted octanol–water partition coefficient (Wildman–Crippen LogP) is 2.51. The van der Waals surface area contributed by atoms with E-state index in [1.54, 1.807) is 13.8 Å². The van der Waals surface area contributed by atoms with Gasteiger partial charge in [-0.2, -0.15) is 0 Å². The van der Waals surface area contributed by atoms with E-state index in [4.69, 9.17) is 4.52 Å². The van der Waals surface area contributed by atoms with Crippen molar-refractivity contribution < 1.29 is 9.32 Å². The van der Waals surface area contributed by atoms with E-state index >= 15 is 0 Å². The molecule has 7 nitrogen and oxygen atoms in total. The summed E-state index contributed by atoms with van der Waals surface area (Å²) in [5, 5.41) is 6.93. The maximum absolute atomic E-state index is 12.6. The number of para-hydroxylation sites is 1. The molecule has 3 aromatic rings. The maximum atomic E-state index is 12.6. The van der Waals surface area contributed by atoms with Crippen molar-refractivity contribution in [3.63, 3.8) is 0 Å². The Bertz CT molecular complexity index is 967. The van der Waals surface area contributed by atoms with Gasteiger partial charge in [-0.1, -0.05) is 23.4 Å². The van der Waals surface area contributed by atoms with Crippen LogP contribution in [0.25, 0.3) is 11.1 Å². The second kappa shape index (κ2) is 5.92. The van der Waals surface area contributed by atoms with E-state index in [1.807, 2.05) is 32.0 Å². The van der Waals surface area contributed by atoms with Crippen LogP contribution in [-0.4, -0.2) is 20.6 Å². The van der Waals surface area contributed by atoms with Crippen LogP contribution in [0.5, 0.6) is 0 Å². The molecule has 1 N–H and O–H groups in total. The summed E-state index contributed by atoms with van der Waals surface area (Å²) >= 11 is 0. The molecule has 0 spiro atoms. The Labute approximate surface area is 138 Å². The van der Waals surface area contributed by atoms with Crippen molar-refractivity contribution in [1.29, 1.82) is 0 Å². The zero-order valence-corrected chi connectivity index (χ0v) is 14.0. The quantitative estimate of drug-likeness (QED) is 0.798. The normalized spacial score (nSPS) is 12.3. The lowest BCUT2D eigenvalue weighted by Gasteiger charge is -2.17. The summed E-state index contributed by atoms with van der Waals surface area (Å²) in [7, 11) is 0. The van der Waals surface area contributed by atoms with Crippen LogP contribution >= 0.6 is 0 Å². The highest BCUT2D eigenvalue weighted by Gasteiger charge is 2.21. The lowest BCUT2D eigenvalue weighted by molar-refractivity contribution is -0.118. The van der Waals surface area contributed by atoms with E-state index in [9.17, 15) is 9.59 Å². The summed E-state index contributed by atoms with van der Waals surface area (Å²) in [4.78, 5) is 29.2. The molecule has 24 heavy (non-hydrogen) atoms. The lowest BCUT2D eigenvalue weighted by atomic mass is 10.1. The predicted molar refractivity (Wildman–Crippen MR) is 90.1 cm³/mol. The minimum atomic E-state index is -0.720. The summed E-state index contributed by atoms with van der Waals surface area (Å²) in [6.45, 7) is 7.17. The molecule has 1 aromatic carbocycles. The maximum Gasteiger partial charge on any atom is 0.267 e. The summed E-state index contributed by atoms with van der Waals surface area (Å²) in [6, 6.07) is 5.06. The van der Waals surface area contributed by atoms with Crippen LogP contribution in [-0.2, 0) is 4.79 Å². The molecule has 0 saturated heterocycles. The topological polar surface area (TPSA) is 90.0 Å². The van der Waals surface area contributed by atoms with Gasteiger partial charge in [0.25, 0.3) is 11.3 Å². The van der Waals surface area contributed by atoms with Crippen LogP contribution in [0, 0.1) is 20.8 Å². The minimum absolute atomic E-state index is 0.177. The van der Waals surface area contributed by atoms with Gasteiger partial charge in [0.15, 0.2) is 0 Å². The average Bonchev–Trinajstić information content (AvgIpc) is 2.93. The Kier molecular flexibility index (Phi) is 3.92. The van der Waals surface area contributed by atoms with Crippen molar-refractivity contribution in [2.45, 2.75) is 33.7 Å². The van der Waals surface area contributed by atoms with Gasteiger partial charge in [-0.15, -0.1) is 0 Å². The van der Waals surface area contributed by atoms with E-state index < -0.39 is 6.04 Å². The summed E-state index contributed by atoms with van der Waals surface area (Å²) in [6.07, 6.45) is 1.31. The van der Waals surface area contributed by atoms with Gasteiger partial charge >= 0.3 is 0 Å². The third kappa shape index (κ3) is 2.58. The second-order valence-corrected chi connectivity index (χ2v) is 5.84. The number of nitrogens with zero attached hydrogens (tertiary/aromatic N) is 3. The van der Waals surface area contributed by atoms with Gasteiger partial charge in [-0.05, 0) is 38.8 Å². The average molecular weight is 326 g/mol. The molecule has 1 amide bonds. The van der Waals surface area contributed by atoms with E-state index in [2.05, 4.69) is 15.5 Å². The zero-order valence-electron chi connectivity index (χ0n) is 14.0. The number of amides is 1. The number of benzene rings is 1. The van der Waals surface area contributed by atoms with Gasteiger partial charge in [-0.3, -0.25) is 14.2 Å². The fourth-order valence-electron chi connectivity index (χ4n) is 2.63. The van der Waals surface area contributed by atoms with Gasteiger partial charge in [0, 0.05) is 5.69 Å². The number of hydrogen-bond acceptors (Lipinski definition) is 5. The molecule has 0 fully saturated rings. The molecular formula is C17H18N4O3. The van der Waals surface area contributed by atoms with Crippen LogP contribution in [0.4, 0.5) is 5.69 Å². The first-order valence-corrected chi connectivity index (χ1v) is 7.60. The molecule has 0 unspecified atom stereocenters. The van der Waals surface area contributed by atoms with Gasteiger partial charge in [0.05, 0.1) is 5.69 Å². The molecule has 3 rings (SSSR count). The molecule has 0 aliphatic rings. The SMILES string of the molecule is Cc1cccc(C)c1NC(=O)[C@H](C)n1cnc2onc(C)c2c1=O. The van der Waals surface area contributed by atoms with Gasteiger partial charge < -0.3 is 9.84 Å². The van der Waals surface area contributed by atoms with Crippen LogP contribution in [0.1, 0.15) is 29.8 Å². The molecule has 2 heterocycles. The molecule has 2 aromatic heterocycles. The Hall–Kier alpha value is -2.96. The van der Waals surface area contributed by atoms with Gasteiger partial charge in [0.2, 0.25) is 5.91 Å². The third-order valence-corrected chi connectivity index (χ3v) is 4.12. The van der Waals surface area contributed by atoms with Crippen LogP contribution < -0.4 is 10.9 Å². The number of fused-ring (bicyclic) bond motifs is 1. The second-order valence-electron chi connectivity index (χ2n) is 5.84. The van der Waals surface area contributed by atoms with Gasteiger partial charge in [-0.25, -0.2) is 4.98 Å². The molecule has 0 bridgehead atoms. The highest BCUT2D eigenvalue weighted by Crippen LogP contribution is 2.21. The van der Waals surface area contributed by atoms with Crippen molar-refractivity contribution in [3.05, 3.63) is 51.7 Å². The molecule has 0 aliphatic heterocycles. The van der Waals surface area contributed by atoms with Crippen molar-refractivity contribution in [2.75, 3.05) is 5.32 Å². The first-order chi connectivity index (χ1) is 11.4. The standard InChI is InChI=1S/C17H18N4O3/c1-9-6-5-7-10(2)14(9)19-15(22)12(4)21-8-18-16-13(17(21)23)11(3)20-24-16/h5-8,12H,1-4H3,(H,19,22)/t12-/m0/s1. The smallest absolute Gasteiger partial charge is 0.267 e. The van der Waals surface area contributed by atoms with Crippen molar-refractivity contribution >= 4 is 22.7 Å². The highest BCUT2D eigenvalue weighted by molar-refractivity contribution is 5.95. The number of aryl methyl sites for hydroxylation is 3. The number of aromatic nitrogens is 3. The van der Waals surface area contributed by atoms with E-state index in [1.165, 1.54) is 10.9 Å². The molecule has 7 heteroatoms. The Morgan fingerprint density at radius 2 is 1.92 bits per heavy atom. The minimum Gasteiger partial charge on any atom is -0.335 e. The number of anilines is 1. The first-order valence-electron chi connectivity index (χ1n) is 7.60. The van der Waals surface area contributed by atoms with Crippen molar-refractivity contribution in [1.82, 2.24) is 14.7 Å². The first kappa shape index (κ1) is 15.9. The molecule has 0 aliphatic carbocycles. The molecule has 0 radical (unpaired) electrons. The number of nitrogens with one attached hydrogen (secondary N) is 1. The van der Waals surface area contributed by atoms with Crippen molar-refractivity contribution in [3.8, 4) is 0 Å². The summed E-state index contributed by atoms with van der Waals surface area (Å²) < 4.78 is 6.26. The Morgan fingerprint density at radius 3 is 2.58 bits per heavy atom. The van der Waals surface area contributed by atoms with E-state index in [0.29, 0.717) is 11.1 Å². The molecule has 124 valence electrons. The fourth-order valence-corrected chi connectivity index (χ4v) is 2.63. The van der Waals surface area contributed by atoms with Crippen LogP contribution in [0.15, 0.2) is 33.8 Å². The van der Waals surface area contributed by atoms with E-state index in [0.717, 1.165) is 16.8 Å². The lowest BCUT2D eigenvalue weighted by Crippen LogP contribution is -2.32. The number of hydrogen-bond donors (Lipinski definition) is 1. The summed E-state index contributed by atoms with van der Waals surface area (Å²) in [5.74, 6) is -0.287. The van der Waals surface area contributed by atoms with Gasteiger partial charge in [0.1, 0.15) is 17.8 Å². The Balaban J connectivity index is 1.96. The Morgan fingerprint density at radius 1 is 1.25 bits per heavy atom. The fraction of sp³-hybridized carbons (Fsp3) is 0.294. The molecule has 1 atom stereocenters. The molecule has 0 saturated carbocycles. The number of carbonyl (C=O) groups excluding carboxylic acids is 1.